The molecule has 4 nitrogen and oxygen atoms in total. The first-order chi connectivity index (χ1) is 9.06. The minimum Gasteiger partial charge on any atom is -0.618 e. The fourth-order valence-corrected chi connectivity index (χ4v) is 2.02. The van der Waals surface area contributed by atoms with Gasteiger partial charge in [-0.15, -0.1) is 0 Å². The first kappa shape index (κ1) is 13.5. The van der Waals surface area contributed by atoms with Crippen LogP contribution in [0.1, 0.15) is 16.1 Å². The Kier molecular flexibility index (Phi) is 4.11. The van der Waals surface area contributed by atoms with Crippen molar-refractivity contribution in [3.05, 3.63) is 69.3 Å². The molecule has 1 N–H and O–H groups in total. The Labute approximate surface area is 117 Å². The summed E-state index contributed by atoms with van der Waals surface area (Å²) in [6.07, 6.45) is 1.35. The molecule has 2 rings (SSSR count). The van der Waals surface area contributed by atoms with Crippen LogP contribution in [-0.4, -0.2) is 5.91 Å². The van der Waals surface area contributed by atoms with Crippen molar-refractivity contribution in [3.8, 4) is 0 Å². The number of amides is 1. The van der Waals surface area contributed by atoms with E-state index in [0.717, 1.165) is 6.07 Å². The predicted molar refractivity (Wildman–Crippen MR) is 70.7 cm³/mol. The molecule has 0 atom stereocenters. The van der Waals surface area contributed by atoms with E-state index in [2.05, 4.69) is 21.2 Å². The number of carbonyl (C=O) groups is 1. The molecule has 0 aliphatic carbocycles. The van der Waals surface area contributed by atoms with E-state index in [0.29, 0.717) is 14.9 Å². The quantitative estimate of drug-likeness (QED) is 0.694. The zero-order valence-corrected chi connectivity index (χ0v) is 11.4. The first-order valence-electron chi connectivity index (χ1n) is 5.47. The van der Waals surface area contributed by atoms with Crippen LogP contribution in [0.5, 0.6) is 0 Å². The molecule has 1 heterocycles. The number of rotatable bonds is 3. The van der Waals surface area contributed by atoms with Gasteiger partial charge >= 0.3 is 0 Å². The summed E-state index contributed by atoms with van der Waals surface area (Å²) in [5.74, 6) is -0.942. The molecule has 98 valence electrons. The number of nitrogens with zero attached hydrogens (tertiary/aromatic N) is 1. The third-order valence-corrected chi connectivity index (χ3v) is 2.92. The molecule has 6 heteroatoms. The van der Waals surface area contributed by atoms with Crippen LogP contribution >= 0.6 is 15.9 Å². The fraction of sp³-hybridized carbons (Fsp3) is 0.0769. The molecule has 19 heavy (non-hydrogen) atoms. The molecule has 0 saturated carbocycles. The van der Waals surface area contributed by atoms with Gasteiger partial charge in [-0.25, -0.2) is 4.39 Å². The summed E-state index contributed by atoms with van der Waals surface area (Å²) in [5, 5.41) is 13.9. The summed E-state index contributed by atoms with van der Waals surface area (Å²) in [6, 6.07) is 8.82. The van der Waals surface area contributed by atoms with Gasteiger partial charge in [0.05, 0.1) is 0 Å². The molecular weight excluding hydrogens is 315 g/mol. The van der Waals surface area contributed by atoms with E-state index in [9.17, 15) is 14.4 Å². The molecule has 0 radical (unpaired) electrons. The summed E-state index contributed by atoms with van der Waals surface area (Å²) in [4.78, 5) is 11.8. The van der Waals surface area contributed by atoms with E-state index >= 15 is 0 Å². The Balaban J connectivity index is 2.08. The lowest BCUT2D eigenvalue weighted by molar-refractivity contribution is -0.614. The van der Waals surface area contributed by atoms with Gasteiger partial charge < -0.3 is 10.5 Å². The van der Waals surface area contributed by atoms with Crippen LogP contribution in [0, 0.1) is 11.0 Å². The highest BCUT2D eigenvalue weighted by Crippen LogP contribution is 2.14. The SMILES string of the molecule is O=C(NCc1cccc[n+]1[O-])c1cc(F)cc(Br)c1. The van der Waals surface area contributed by atoms with Crippen LogP contribution < -0.4 is 10.0 Å². The van der Waals surface area contributed by atoms with Crippen LogP contribution in [0.2, 0.25) is 0 Å². The average molecular weight is 325 g/mol. The summed E-state index contributed by atoms with van der Waals surface area (Å²) in [7, 11) is 0. The zero-order chi connectivity index (χ0) is 13.8. The smallest absolute Gasteiger partial charge is 0.251 e. The van der Waals surface area contributed by atoms with Crippen molar-refractivity contribution in [1.29, 1.82) is 0 Å². The van der Waals surface area contributed by atoms with Gasteiger partial charge in [-0.05, 0) is 24.3 Å². The maximum atomic E-state index is 13.2. The van der Waals surface area contributed by atoms with Crippen LogP contribution in [0.3, 0.4) is 0 Å². The molecule has 0 bridgehead atoms. The van der Waals surface area contributed by atoms with Crippen molar-refractivity contribution in [2.75, 3.05) is 0 Å². The maximum absolute atomic E-state index is 13.2. The van der Waals surface area contributed by atoms with Crippen molar-refractivity contribution in [2.24, 2.45) is 0 Å². The Hall–Kier alpha value is -1.95. The molecule has 0 aliphatic heterocycles. The lowest BCUT2D eigenvalue weighted by Crippen LogP contribution is -2.35. The van der Waals surface area contributed by atoms with Crippen LogP contribution in [0.15, 0.2) is 47.1 Å². The monoisotopic (exact) mass is 324 g/mol. The van der Waals surface area contributed by atoms with Gasteiger partial charge in [0.25, 0.3) is 5.91 Å². The molecule has 1 amide bonds. The van der Waals surface area contributed by atoms with Crippen LogP contribution in [0.4, 0.5) is 4.39 Å². The molecule has 0 saturated heterocycles. The number of pyridine rings is 1. The van der Waals surface area contributed by atoms with E-state index in [1.165, 1.54) is 18.3 Å². The normalized spacial score (nSPS) is 10.2. The van der Waals surface area contributed by atoms with E-state index in [-0.39, 0.29) is 12.1 Å². The van der Waals surface area contributed by atoms with Gasteiger partial charge in [0, 0.05) is 22.2 Å². The standard InChI is InChI=1S/C13H10BrFN2O2/c14-10-5-9(6-11(15)7-10)13(18)16-8-12-3-1-2-4-17(12)19/h1-7H,8H2,(H,16,18). The number of benzene rings is 1. The molecule has 2 aromatic rings. The third-order valence-electron chi connectivity index (χ3n) is 2.46. The Morgan fingerprint density at radius 3 is 2.84 bits per heavy atom. The number of nitrogens with one attached hydrogen (secondary N) is 1. The summed E-state index contributed by atoms with van der Waals surface area (Å²) >= 11 is 3.11. The van der Waals surface area contributed by atoms with E-state index in [1.807, 2.05) is 0 Å². The largest absolute Gasteiger partial charge is 0.618 e. The van der Waals surface area contributed by atoms with Gasteiger partial charge in [0.2, 0.25) is 5.69 Å². The second kappa shape index (κ2) is 5.79. The molecule has 0 fully saturated rings. The second-order valence-corrected chi connectivity index (χ2v) is 4.77. The highest BCUT2D eigenvalue weighted by molar-refractivity contribution is 9.10. The van der Waals surface area contributed by atoms with Gasteiger partial charge in [-0.2, -0.15) is 4.73 Å². The minimum atomic E-state index is -0.502. The fourth-order valence-electron chi connectivity index (χ4n) is 1.56. The molecule has 1 aromatic heterocycles. The number of carbonyl (C=O) groups excluding carboxylic acids is 1. The summed E-state index contributed by atoms with van der Waals surface area (Å²) < 4.78 is 14.3. The number of hydrogen-bond donors (Lipinski definition) is 1. The minimum absolute atomic E-state index is 0.0807. The molecule has 1 aromatic carbocycles. The van der Waals surface area contributed by atoms with E-state index in [4.69, 9.17) is 0 Å². The van der Waals surface area contributed by atoms with Gasteiger partial charge in [0.15, 0.2) is 6.20 Å². The maximum Gasteiger partial charge on any atom is 0.251 e. The Morgan fingerprint density at radius 2 is 2.16 bits per heavy atom. The number of halogens is 2. The van der Waals surface area contributed by atoms with Crippen molar-refractivity contribution in [2.45, 2.75) is 6.54 Å². The Morgan fingerprint density at radius 1 is 1.37 bits per heavy atom. The lowest BCUT2D eigenvalue weighted by atomic mass is 10.2. The lowest BCUT2D eigenvalue weighted by Gasteiger charge is -2.06. The second-order valence-electron chi connectivity index (χ2n) is 3.86. The van der Waals surface area contributed by atoms with Gasteiger partial charge in [-0.1, -0.05) is 15.9 Å². The van der Waals surface area contributed by atoms with Crippen molar-refractivity contribution >= 4 is 21.8 Å². The van der Waals surface area contributed by atoms with Gasteiger partial charge in [0.1, 0.15) is 12.4 Å². The average Bonchev–Trinajstić information content (AvgIpc) is 2.36. The zero-order valence-electron chi connectivity index (χ0n) is 9.77. The third kappa shape index (κ3) is 3.51. The molecular formula is C13H10BrFN2O2. The van der Waals surface area contributed by atoms with E-state index in [1.54, 1.807) is 18.2 Å². The topological polar surface area (TPSA) is 56.0 Å². The van der Waals surface area contributed by atoms with Crippen molar-refractivity contribution in [1.82, 2.24) is 5.32 Å². The van der Waals surface area contributed by atoms with Crippen LogP contribution in [-0.2, 0) is 6.54 Å². The number of hydrogen-bond acceptors (Lipinski definition) is 2. The predicted octanol–water partition coefficient (Wildman–Crippen LogP) is 2.15. The first-order valence-corrected chi connectivity index (χ1v) is 6.27. The summed E-state index contributed by atoms with van der Waals surface area (Å²) in [5.41, 5.74) is 0.603. The van der Waals surface area contributed by atoms with Crippen LogP contribution in [0.25, 0.3) is 0 Å². The number of aromatic nitrogens is 1. The Bertz CT molecular complexity index is 599. The highest BCUT2D eigenvalue weighted by atomic mass is 79.9. The molecule has 0 aliphatic rings. The molecule has 0 spiro atoms. The van der Waals surface area contributed by atoms with E-state index < -0.39 is 11.7 Å². The van der Waals surface area contributed by atoms with Gasteiger partial charge in [-0.3, -0.25) is 4.79 Å². The highest BCUT2D eigenvalue weighted by Gasteiger charge is 2.10. The molecule has 0 unspecified atom stereocenters. The van der Waals surface area contributed by atoms with Crippen molar-refractivity contribution < 1.29 is 13.9 Å². The summed E-state index contributed by atoms with van der Waals surface area (Å²) in [6.45, 7) is 0.0807. The van der Waals surface area contributed by atoms with Crippen molar-refractivity contribution in [3.63, 3.8) is 0 Å².